The Bertz CT molecular complexity index is 1160. The van der Waals surface area contributed by atoms with Crippen LogP contribution < -0.4 is 11.2 Å². The van der Waals surface area contributed by atoms with Gasteiger partial charge in [-0.25, -0.2) is 9.36 Å². The zero-order valence-electron chi connectivity index (χ0n) is 15.8. The molecule has 2 aromatic heterocycles. The number of nitrogen functional groups attached to an aromatic ring is 1. The summed E-state index contributed by atoms with van der Waals surface area (Å²) in [7, 11) is 0. The molecule has 1 amide bonds. The summed E-state index contributed by atoms with van der Waals surface area (Å²) in [6.45, 7) is 0.451. The molecule has 152 valence electrons. The first-order valence-electron chi connectivity index (χ1n) is 9.05. The molecule has 0 spiro atoms. The summed E-state index contributed by atoms with van der Waals surface area (Å²) in [6.07, 6.45) is 1.63. The van der Waals surface area contributed by atoms with Gasteiger partial charge in [0.2, 0.25) is 11.1 Å². The number of amides is 1. The number of nitrogens with one attached hydrogen (secondary N) is 1. The van der Waals surface area contributed by atoms with Gasteiger partial charge in [-0.2, -0.15) is 5.10 Å². The van der Waals surface area contributed by atoms with Crippen LogP contribution in [0.25, 0.3) is 11.4 Å². The Morgan fingerprint density at radius 1 is 1.07 bits per heavy atom. The number of thioether (sulfide) groups is 1. The van der Waals surface area contributed by atoms with E-state index in [1.165, 1.54) is 16.4 Å². The Balaban J connectivity index is 1.38. The van der Waals surface area contributed by atoms with Crippen molar-refractivity contribution in [2.75, 3.05) is 16.9 Å². The first-order chi connectivity index (χ1) is 14.6. The second kappa shape index (κ2) is 9.02. The topological polar surface area (TPSA) is 104 Å². The van der Waals surface area contributed by atoms with Crippen molar-refractivity contribution in [3.8, 4) is 11.4 Å². The minimum Gasteiger partial charge on any atom is -0.335 e. The minimum atomic E-state index is -0.204. The van der Waals surface area contributed by atoms with Gasteiger partial charge in [0.25, 0.3) is 0 Å². The molecule has 0 aliphatic carbocycles. The van der Waals surface area contributed by atoms with E-state index >= 15 is 0 Å². The zero-order valence-corrected chi connectivity index (χ0v) is 17.3. The first kappa shape index (κ1) is 20.0. The number of nitrogens with zero attached hydrogens (tertiary/aromatic N) is 5. The van der Waals surface area contributed by atoms with Crippen molar-refractivity contribution in [3.63, 3.8) is 0 Å². The average molecular weight is 440 g/mol. The van der Waals surface area contributed by atoms with E-state index in [1.54, 1.807) is 16.9 Å². The lowest BCUT2D eigenvalue weighted by Crippen LogP contribution is -2.19. The van der Waals surface area contributed by atoms with Crippen LogP contribution >= 0.6 is 23.4 Å². The Morgan fingerprint density at radius 3 is 2.63 bits per heavy atom. The number of rotatable bonds is 7. The molecule has 0 fully saturated rings. The molecule has 4 aromatic rings. The van der Waals surface area contributed by atoms with Gasteiger partial charge >= 0.3 is 0 Å². The number of benzene rings is 2. The van der Waals surface area contributed by atoms with Crippen molar-refractivity contribution in [1.29, 1.82) is 0 Å². The van der Waals surface area contributed by atoms with Gasteiger partial charge in [-0.05, 0) is 11.6 Å². The number of nitrogens with two attached hydrogens (primary N) is 1. The first-order valence-corrected chi connectivity index (χ1v) is 10.4. The van der Waals surface area contributed by atoms with Crippen LogP contribution in [0.3, 0.4) is 0 Å². The molecule has 3 N–H and O–H groups in total. The lowest BCUT2D eigenvalue weighted by Gasteiger charge is -2.10. The van der Waals surface area contributed by atoms with Crippen LogP contribution in [-0.4, -0.2) is 36.3 Å². The normalized spacial score (nSPS) is 10.8. The summed E-state index contributed by atoms with van der Waals surface area (Å²) >= 11 is 7.43. The van der Waals surface area contributed by atoms with Gasteiger partial charge < -0.3 is 11.2 Å². The van der Waals surface area contributed by atoms with Gasteiger partial charge in [0.1, 0.15) is 5.82 Å². The van der Waals surface area contributed by atoms with Crippen molar-refractivity contribution < 1.29 is 4.79 Å². The van der Waals surface area contributed by atoms with Crippen molar-refractivity contribution >= 4 is 35.1 Å². The van der Waals surface area contributed by atoms with E-state index in [1.807, 2.05) is 54.6 Å². The standard InChI is InChI=1S/C20H18ClN7OS/c21-16-9-5-4-8-15(16)12-27-17(10-11-23-27)24-18(29)13-30-20-26-25-19(28(20)22)14-6-2-1-3-7-14/h1-11H,12-13,22H2,(H,24,29). The smallest absolute Gasteiger partial charge is 0.235 e. The average Bonchev–Trinajstić information content (AvgIpc) is 3.35. The van der Waals surface area contributed by atoms with E-state index in [0.29, 0.717) is 28.4 Å². The molecular weight excluding hydrogens is 422 g/mol. The maximum atomic E-state index is 12.4. The summed E-state index contributed by atoms with van der Waals surface area (Å²) < 4.78 is 3.07. The molecule has 0 saturated heterocycles. The molecule has 2 aromatic carbocycles. The summed E-state index contributed by atoms with van der Waals surface area (Å²) in [6, 6.07) is 18.8. The van der Waals surface area contributed by atoms with Gasteiger partial charge in [0.15, 0.2) is 5.82 Å². The van der Waals surface area contributed by atoms with E-state index < -0.39 is 0 Å². The second-order valence-corrected chi connectivity index (χ2v) is 7.69. The second-order valence-electron chi connectivity index (χ2n) is 6.34. The molecule has 8 nitrogen and oxygen atoms in total. The number of carbonyl (C=O) groups excluding carboxylic acids is 1. The molecule has 0 unspecified atom stereocenters. The Labute approximate surface area is 182 Å². The molecule has 30 heavy (non-hydrogen) atoms. The fourth-order valence-corrected chi connectivity index (χ4v) is 3.67. The predicted molar refractivity (Wildman–Crippen MR) is 118 cm³/mol. The number of halogens is 1. The summed E-state index contributed by atoms with van der Waals surface area (Å²) in [5, 5.41) is 16.4. The van der Waals surface area contributed by atoms with E-state index in [2.05, 4.69) is 20.6 Å². The molecule has 0 bridgehead atoms. The summed E-state index contributed by atoms with van der Waals surface area (Å²) in [5.74, 6) is 7.14. The van der Waals surface area contributed by atoms with Gasteiger partial charge in [-0.1, -0.05) is 71.9 Å². The Kier molecular flexibility index (Phi) is 6.01. The third-order valence-electron chi connectivity index (χ3n) is 4.29. The summed E-state index contributed by atoms with van der Waals surface area (Å²) in [4.78, 5) is 12.4. The van der Waals surface area contributed by atoms with Crippen LogP contribution in [0.2, 0.25) is 5.02 Å². The fraction of sp³-hybridized carbons (Fsp3) is 0.100. The van der Waals surface area contributed by atoms with E-state index in [9.17, 15) is 4.79 Å². The maximum absolute atomic E-state index is 12.4. The van der Waals surface area contributed by atoms with Crippen molar-refractivity contribution in [1.82, 2.24) is 24.7 Å². The zero-order chi connectivity index (χ0) is 20.9. The van der Waals surface area contributed by atoms with Crippen LogP contribution in [0.5, 0.6) is 0 Å². The molecular formula is C20H18ClN7OS. The third kappa shape index (κ3) is 4.47. The lowest BCUT2D eigenvalue weighted by atomic mass is 10.2. The lowest BCUT2D eigenvalue weighted by molar-refractivity contribution is -0.113. The monoisotopic (exact) mass is 439 g/mol. The Hall–Kier alpha value is -3.30. The molecule has 0 atom stereocenters. The maximum Gasteiger partial charge on any atom is 0.235 e. The van der Waals surface area contributed by atoms with Crippen LogP contribution in [0.1, 0.15) is 5.56 Å². The Morgan fingerprint density at radius 2 is 1.83 bits per heavy atom. The van der Waals surface area contributed by atoms with Crippen LogP contribution in [0.15, 0.2) is 72.0 Å². The largest absolute Gasteiger partial charge is 0.335 e. The van der Waals surface area contributed by atoms with Crippen molar-refractivity contribution in [2.24, 2.45) is 0 Å². The molecule has 0 aliphatic rings. The molecule has 2 heterocycles. The number of carbonyl (C=O) groups is 1. The number of hydrogen-bond acceptors (Lipinski definition) is 6. The van der Waals surface area contributed by atoms with E-state index in [-0.39, 0.29) is 11.7 Å². The van der Waals surface area contributed by atoms with Gasteiger partial charge in [0, 0.05) is 16.7 Å². The molecule has 0 saturated carbocycles. The number of anilines is 1. The van der Waals surface area contributed by atoms with Crippen LogP contribution in [0, 0.1) is 0 Å². The van der Waals surface area contributed by atoms with Crippen LogP contribution in [-0.2, 0) is 11.3 Å². The third-order valence-corrected chi connectivity index (χ3v) is 5.60. The van der Waals surface area contributed by atoms with Gasteiger partial charge in [-0.15, -0.1) is 10.2 Å². The molecule has 0 aliphatic heterocycles. The number of aromatic nitrogens is 5. The van der Waals surface area contributed by atoms with Crippen molar-refractivity contribution in [2.45, 2.75) is 11.7 Å². The predicted octanol–water partition coefficient (Wildman–Crippen LogP) is 3.29. The molecule has 0 radical (unpaired) electrons. The van der Waals surface area contributed by atoms with Gasteiger partial charge in [0.05, 0.1) is 18.5 Å². The minimum absolute atomic E-state index is 0.126. The quantitative estimate of drug-likeness (QED) is 0.338. The highest BCUT2D eigenvalue weighted by atomic mass is 35.5. The highest BCUT2D eigenvalue weighted by Gasteiger charge is 2.15. The van der Waals surface area contributed by atoms with Crippen molar-refractivity contribution in [3.05, 3.63) is 77.4 Å². The van der Waals surface area contributed by atoms with E-state index in [4.69, 9.17) is 17.4 Å². The summed E-state index contributed by atoms with van der Waals surface area (Å²) in [5.41, 5.74) is 1.77. The molecule has 10 heteroatoms. The highest BCUT2D eigenvalue weighted by Crippen LogP contribution is 2.22. The van der Waals surface area contributed by atoms with E-state index in [0.717, 1.165) is 11.1 Å². The highest BCUT2D eigenvalue weighted by molar-refractivity contribution is 7.99. The fourth-order valence-electron chi connectivity index (χ4n) is 2.82. The number of hydrogen-bond donors (Lipinski definition) is 2. The van der Waals surface area contributed by atoms with Gasteiger partial charge in [-0.3, -0.25) is 4.79 Å². The molecule has 4 rings (SSSR count). The van der Waals surface area contributed by atoms with Crippen LogP contribution in [0.4, 0.5) is 5.82 Å². The SMILES string of the molecule is Nn1c(SCC(=O)Nc2ccnn2Cc2ccccc2Cl)nnc1-c1ccccc1.